The van der Waals surface area contributed by atoms with Crippen LogP contribution in [0.25, 0.3) is 11.0 Å². The van der Waals surface area contributed by atoms with Crippen molar-refractivity contribution in [3.8, 4) is 5.75 Å². The first-order chi connectivity index (χ1) is 17.6. The lowest BCUT2D eigenvalue weighted by molar-refractivity contribution is 0.0126. The molecule has 1 N–H and O–H groups in total. The van der Waals surface area contributed by atoms with Gasteiger partial charge in [0, 0.05) is 36.9 Å². The van der Waals surface area contributed by atoms with Gasteiger partial charge in [-0.3, -0.25) is 5.32 Å². The van der Waals surface area contributed by atoms with E-state index in [2.05, 4.69) is 5.32 Å². The zero-order chi connectivity index (χ0) is 26.6. The fourth-order valence-electron chi connectivity index (χ4n) is 4.05. The summed E-state index contributed by atoms with van der Waals surface area (Å²) in [5.74, 6) is 0.606. The lowest BCUT2D eigenvalue weighted by atomic mass is 10.1. The molecule has 1 saturated heterocycles. The summed E-state index contributed by atoms with van der Waals surface area (Å²) in [5, 5.41) is 3.10. The minimum atomic E-state index is -0.745. The maximum Gasteiger partial charge on any atom is 0.412 e. The van der Waals surface area contributed by atoms with Crippen molar-refractivity contribution in [1.82, 2.24) is 4.90 Å². The molecule has 9 heteroatoms. The number of hydrogen-bond donors (Lipinski definition) is 1. The van der Waals surface area contributed by atoms with Crippen LogP contribution < -0.4 is 15.7 Å². The highest BCUT2D eigenvalue weighted by atomic mass is 16.6. The maximum atomic E-state index is 12.6. The third-order valence-corrected chi connectivity index (χ3v) is 5.94. The maximum absolute atomic E-state index is 12.6. The number of ether oxygens (including phenoxy) is 3. The number of nitrogens with zero attached hydrogens (tertiary/aromatic N) is 1. The van der Waals surface area contributed by atoms with Crippen LogP contribution in [0.2, 0.25) is 0 Å². The molecule has 0 bridgehead atoms. The summed E-state index contributed by atoms with van der Waals surface area (Å²) in [5.41, 5.74) is 0.679. The van der Waals surface area contributed by atoms with Gasteiger partial charge in [-0.1, -0.05) is 30.3 Å². The Morgan fingerprint density at radius 3 is 2.46 bits per heavy atom. The second-order valence-corrected chi connectivity index (χ2v) is 10.0. The number of hydrogen-bond acceptors (Lipinski definition) is 7. The van der Waals surface area contributed by atoms with Crippen LogP contribution >= 0.6 is 0 Å². The Hall–Kier alpha value is -4.01. The topological polar surface area (TPSA) is 107 Å². The highest BCUT2D eigenvalue weighted by Crippen LogP contribution is 2.30. The van der Waals surface area contributed by atoms with Crippen LogP contribution in [0.3, 0.4) is 0 Å². The molecule has 1 aliphatic heterocycles. The summed E-state index contributed by atoms with van der Waals surface area (Å²) in [6.07, 6.45) is 0.179. The lowest BCUT2D eigenvalue weighted by Gasteiger charge is -2.33. The zero-order valence-corrected chi connectivity index (χ0v) is 21.5. The van der Waals surface area contributed by atoms with E-state index >= 15 is 0 Å². The number of carbonyl (C=O) groups is 2. The van der Waals surface area contributed by atoms with E-state index in [9.17, 15) is 14.4 Å². The van der Waals surface area contributed by atoms with Gasteiger partial charge in [0.2, 0.25) is 0 Å². The summed E-state index contributed by atoms with van der Waals surface area (Å²) in [7, 11) is 0. The molecular formula is C28H32N2O7. The summed E-state index contributed by atoms with van der Waals surface area (Å²) in [6.45, 7) is 8.52. The van der Waals surface area contributed by atoms with Gasteiger partial charge in [0.25, 0.3) is 0 Å². The number of carbonyl (C=O) groups excluding carboxylic acids is 2. The van der Waals surface area contributed by atoms with E-state index in [1.165, 1.54) is 0 Å². The summed E-state index contributed by atoms with van der Waals surface area (Å²) >= 11 is 0. The van der Waals surface area contributed by atoms with Crippen molar-refractivity contribution in [3.05, 3.63) is 70.1 Å². The number of nitrogens with one attached hydrogen (secondary N) is 1. The molecule has 2 amide bonds. The Balaban J connectivity index is 1.38. The van der Waals surface area contributed by atoms with Crippen molar-refractivity contribution in [2.24, 2.45) is 0 Å². The normalized spacial score (nSPS) is 14.3. The molecule has 0 atom stereocenters. The number of piperidine rings is 1. The Labute approximate surface area is 215 Å². The van der Waals surface area contributed by atoms with Crippen LogP contribution in [-0.4, -0.2) is 41.9 Å². The molecule has 0 unspecified atom stereocenters. The minimum Gasteiger partial charge on any atom is -0.490 e. The molecule has 2 aromatic carbocycles. The van der Waals surface area contributed by atoms with Gasteiger partial charge < -0.3 is 23.5 Å². The molecule has 0 radical (unpaired) electrons. The van der Waals surface area contributed by atoms with Crippen LogP contribution in [0.4, 0.5) is 15.3 Å². The molecule has 1 aliphatic rings. The third kappa shape index (κ3) is 6.81. The predicted octanol–water partition coefficient (Wildman–Crippen LogP) is 5.63. The fourth-order valence-corrected chi connectivity index (χ4v) is 4.05. The largest absolute Gasteiger partial charge is 0.490 e. The summed E-state index contributed by atoms with van der Waals surface area (Å²) < 4.78 is 22.4. The van der Waals surface area contributed by atoms with Gasteiger partial charge in [0.05, 0.1) is 0 Å². The van der Waals surface area contributed by atoms with Crippen molar-refractivity contribution < 1.29 is 28.2 Å². The van der Waals surface area contributed by atoms with E-state index in [1.54, 1.807) is 17.0 Å². The number of rotatable bonds is 5. The number of anilines is 1. The van der Waals surface area contributed by atoms with Gasteiger partial charge in [0.15, 0.2) is 0 Å². The Morgan fingerprint density at radius 2 is 1.78 bits per heavy atom. The fraction of sp³-hybridized carbons (Fsp3) is 0.393. The number of amides is 2. The molecule has 0 spiro atoms. The zero-order valence-electron chi connectivity index (χ0n) is 21.5. The molecule has 4 rings (SSSR count). The Morgan fingerprint density at radius 1 is 1.08 bits per heavy atom. The highest BCUT2D eigenvalue weighted by molar-refractivity contribution is 5.89. The van der Waals surface area contributed by atoms with Crippen LogP contribution in [0.1, 0.15) is 44.7 Å². The van der Waals surface area contributed by atoms with Crippen molar-refractivity contribution in [2.75, 3.05) is 18.4 Å². The van der Waals surface area contributed by atoms with Gasteiger partial charge in [-0.05, 0) is 51.5 Å². The Bertz CT molecular complexity index is 1320. The highest BCUT2D eigenvalue weighted by Gasteiger charge is 2.28. The van der Waals surface area contributed by atoms with E-state index in [0.717, 1.165) is 5.56 Å². The molecule has 3 aromatic rings. The summed E-state index contributed by atoms with van der Waals surface area (Å²) in [6, 6.07) is 14.4. The number of likely N-dealkylation sites (tertiary alicyclic amines) is 1. The van der Waals surface area contributed by atoms with E-state index in [1.807, 2.05) is 64.1 Å². The molecule has 0 aliphatic carbocycles. The molecule has 1 aromatic heterocycles. The molecule has 196 valence electrons. The monoisotopic (exact) mass is 508 g/mol. The van der Waals surface area contributed by atoms with Crippen molar-refractivity contribution in [2.45, 2.75) is 58.8 Å². The smallest absolute Gasteiger partial charge is 0.412 e. The molecule has 1 fully saturated rings. The molecule has 9 nitrogen and oxygen atoms in total. The average molecular weight is 509 g/mol. The minimum absolute atomic E-state index is 0.00635. The van der Waals surface area contributed by atoms with E-state index in [-0.39, 0.29) is 24.5 Å². The molecular weight excluding hydrogens is 476 g/mol. The van der Waals surface area contributed by atoms with Crippen LogP contribution in [0.5, 0.6) is 5.75 Å². The predicted molar refractivity (Wildman–Crippen MR) is 139 cm³/mol. The first kappa shape index (κ1) is 26.1. The van der Waals surface area contributed by atoms with E-state index < -0.39 is 17.3 Å². The quantitative estimate of drug-likeness (QED) is 0.445. The lowest BCUT2D eigenvalue weighted by Crippen LogP contribution is -2.44. The van der Waals surface area contributed by atoms with Gasteiger partial charge >= 0.3 is 17.8 Å². The first-order valence-corrected chi connectivity index (χ1v) is 12.3. The van der Waals surface area contributed by atoms with Crippen LogP contribution in [-0.2, 0) is 16.1 Å². The van der Waals surface area contributed by atoms with Crippen LogP contribution in [0.15, 0.2) is 57.7 Å². The van der Waals surface area contributed by atoms with E-state index in [0.29, 0.717) is 48.2 Å². The second kappa shape index (κ2) is 10.9. The number of fused-ring (bicyclic) bond motifs is 1. The first-order valence-electron chi connectivity index (χ1n) is 12.3. The average Bonchev–Trinajstić information content (AvgIpc) is 2.85. The molecule has 2 heterocycles. The van der Waals surface area contributed by atoms with Crippen LogP contribution in [0, 0.1) is 6.92 Å². The van der Waals surface area contributed by atoms with Gasteiger partial charge in [0.1, 0.15) is 35.3 Å². The third-order valence-electron chi connectivity index (χ3n) is 5.94. The van der Waals surface area contributed by atoms with Gasteiger partial charge in [-0.15, -0.1) is 0 Å². The molecule has 0 saturated carbocycles. The SMILES string of the molecule is Cc1c(OC2CCN(C(=O)OC(C)(C)C)CC2)ccc2cc(NC(=O)OCc3ccccc3)c(=O)oc12. The van der Waals surface area contributed by atoms with Crippen molar-refractivity contribution >= 4 is 28.8 Å². The number of benzene rings is 2. The van der Waals surface area contributed by atoms with Gasteiger partial charge in [-0.2, -0.15) is 0 Å². The van der Waals surface area contributed by atoms with Crippen molar-refractivity contribution in [1.29, 1.82) is 0 Å². The number of aryl methyl sites for hydroxylation is 1. The standard InChI is InChI=1S/C28H32N2O7/c1-18-23(35-21-12-14-30(15-13-21)27(33)37-28(2,3)4)11-10-20-16-22(25(31)36-24(18)20)29-26(32)34-17-19-8-6-5-7-9-19/h5-11,16,21H,12-15,17H2,1-4H3,(H,29,32). The van der Waals surface area contributed by atoms with Gasteiger partial charge in [-0.25, -0.2) is 14.4 Å². The Kier molecular flexibility index (Phi) is 7.71. The second-order valence-electron chi connectivity index (χ2n) is 10.0. The summed E-state index contributed by atoms with van der Waals surface area (Å²) in [4.78, 5) is 38.7. The van der Waals surface area contributed by atoms with Crippen molar-refractivity contribution in [3.63, 3.8) is 0 Å². The molecule has 37 heavy (non-hydrogen) atoms. The van der Waals surface area contributed by atoms with E-state index in [4.69, 9.17) is 18.6 Å².